The Kier molecular flexibility index (Phi) is 6.73. The summed E-state index contributed by atoms with van der Waals surface area (Å²) in [5, 5.41) is 0.114. The van der Waals surface area contributed by atoms with Crippen molar-refractivity contribution >= 4 is 8.32 Å². The first-order chi connectivity index (χ1) is 14.5. The van der Waals surface area contributed by atoms with Gasteiger partial charge in [-0.2, -0.15) is 0 Å². The molecule has 0 saturated heterocycles. The topological polar surface area (TPSA) is 71.7 Å². The SMILES string of the molecule is COc1ccc(Cn2c(=O)ccn([C@H]3C=C[C@@H](CO[Si](C)(C)C(C)(C)C)O3)c2=O)cc1. The molecule has 0 radical (unpaired) electrons. The van der Waals surface area contributed by atoms with E-state index in [4.69, 9.17) is 13.9 Å². The second-order valence-corrected chi connectivity index (χ2v) is 14.1. The molecule has 0 aliphatic carbocycles. The number of benzene rings is 1. The van der Waals surface area contributed by atoms with Crippen LogP contribution in [0.2, 0.25) is 18.1 Å². The van der Waals surface area contributed by atoms with Crippen molar-refractivity contribution in [3.05, 3.63) is 75.1 Å². The molecule has 1 aromatic carbocycles. The van der Waals surface area contributed by atoms with E-state index < -0.39 is 20.2 Å². The highest BCUT2D eigenvalue weighted by atomic mass is 28.4. The van der Waals surface area contributed by atoms with E-state index in [9.17, 15) is 9.59 Å². The van der Waals surface area contributed by atoms with Crippen molar-refractivity contribution in [2.75, 3.05) is 13.7 Å². The molecule has 0 N–H and O–H groups in total. The Balaban J connectivity index is 1.73. The minimum absolute atomic E-state index is 0.114. The molecule has 8 heteroatoms. The fourth-order valence-corrected chi connectivity index (χ4v) is 4.05. The van der Waals surface area contributed by atoms with Crippen molar-refractivity contribution in [1.29, 1.82) is 0 Å². The first-order valence-electron chi connectivity index (χ1n) is 10.4. The van der Waals surface area contributed by atoms with Gasteiger partial charge in [-0.25, -0.2) is 4.79 Å². The number of hydrogen-bond donors (Lipinski definition) is 0. The average Bonchev–Trinajstić information content (AvgIpc) is 3.18. The summed E-state index contributed by atoms with van der Waals surface area (Å²) in [7, 11) is -0.296. The Hall–Kier alpha value is -2.42. The zero-order valence-corrected chi connectivity index (χ0v) is 20.1. The van der Waals surface area contributed by atoms with E-state index in [1.165, 1.54) is 21.4 Å². The van der Waals surface area contributed by atoms with Gasteiger partial charge < -0.3 is 13.9 Å². The summed E-state index contributed by atoms with van der Waals surface area (Å²) in [5.74, 6) is 0.719. The maximum atomic E-state index is 13.0. The first-order valence-corrected chi connectivity index (χ1v) is 13.4. The first kappa shape index (κ1) is 23.2. The van der Waals surface area contributed by atoms with Crippen molar-refractivity contribution in [3.8, 4) is 5.75 Å². The molecule has 31 heavy (non-hydrogen) atoms. The summed E-state index contributed by atoms with van der Waals surface area (Å²) in [6.07, 6.45) is 4.45. The number of hydrogen-bond acceptors (Lipinski definition) is 5. The lowest BCUT2D eigenvalue weighted by atomic mass is 10.2. The van der Waals surface area contributed by atoms with Gasteiger partial charge in [-0.15, -0.1) is 0 Å². The van der Waals surface area contributed by atoms with E-state index in [1.54, 1.807) is 19.2 Å². The van der Waals surface area contributed by atoms with E-state index in [0.29, 0.717) is 6.61 Å². The molecule has 0 saturated carbocycles. The number of nitrogens with zero attached hydrogens (tertiary/aromatic N) is 2. The van der Waals surface area contributed by atoms with Crippen LogP contribution in [0.5, 0.6) is 5.75 Å². The van der Waals surface area contributed by atoms with Crippen LogP contribution in [0.25, 0.3) is 0 Å². The monoisotopic (exact) mass is 444 g/mol. The van der Waals surface area contributed by atoms with Crippen molar-refractivity contribution in [1.82, 2.24) is 9.13 Å². The third-order valence-electron chi connectivity index (χ3n) is 6.09. The van der Waals surface area contributed by atoms with E-state index in [0.717, 1.165) is 11.3 Å². The van der Waals surface area contributed by atoms with Gasteiger partial charge in [-0.3, -0.25) is 13.9 Å². The minimum atomic E-state index is -1.89. The van der Waals surface area contributed by atoms with Crippen LogP contribution in [0, 0.1) is 0 Å². The number of rotatable bonds is 7. The lowest BCUT2D eigenvalue weighted by Crippen LogP contribution is -2.43. The molecule has 2 atom stereocenters. The van der Waals surface area contributed by atoms with Gasteiger partial charge in [0.2, 0.25) is 0 Å². The third-order valence-corrected chi connectivity index (χ3v) is 10.6. The lowest BCUT2D eigenvalue weighted by Gasteiger charge is -2.36. The number of aromatic nitrogens is 2. The summed E-state index contributed by atoms with van der Waals surface area (Å²) in [4.78, 5) is 25.4. The summed E-state index contributed by atoms with van der Waals surface area (Å²) in [6, 6.07) is 8.67. The summed E-state index contributed by atoms with van der Waals surface area (Å²) < 4.78 is 20.1. The second-order valence-electron chi connectivity index (χ2n) is 9.30. The molecule has 0 spiro atoms. The lowest BCUT2D eigenvalue weighted by molar-refractivity contribution is -0.00840. The summed E-state index contributed by atoms with van der Waals surface area (Å²) >= 11 is 0. The number of ether oxygens (including phenoxy) is 2. The smallest absolute Gasteiger partial charge is 0.333 e. The van der Waals surface area contributed by atoms with Crippen LogP contribution in [0.1, 0.15) is 32.6 Å². The average molecular weight is 445 g/mol. The fraction of sp³-hybridized carbons (Fsp3) is 0.478. The molecular weight excluding hydrogens is 412 g/mol. The Bertz CT molecular complexity index is 1050. The van der Waals surface area contributed by atoms with Crippen LogP contribution in [0.4, 0.5) is 0 Å². The second kappa shape index (κ2) is 8.98. The van der Waals surface area contributed by atoms with E-state index in [1.807, 2.05) is 24.3 Å². The van der Waals surface area contributed by atoms with Gasteiger partial charge in [0.25, 0.3) is 5.56 Å². The quantitative estimate of drug-likeness (QED) is 0.482. The van der Waals surface area contributed by atoms with Crippen LogP contribution in [0.3, 0.4) is 0 Å². The molecule has 1 aliphatic heterocycles. The van der Waals surface area contributed by atoms with E-state index >= 15 is 0 Å². The molecule has 1 aromatic heterocycles. The van der Waals surface area contributed by atoms with Gasteiger partial charge >= 0.3 is 5.69 Å². The largest absolute Gasteiger partial charge is 0.497 e. The van der Waals surface area contributed by atoms with Crippen LogP contribution < -0.4 is 16.0 Å². The van der Waals surface area contributed by atoms with Gasteiger partial charge in [0.05, 0.1) is 20.3 Å². The van der Waals surface area contributed by atoms with Crippen LogP contribution in [-0.4, -0.2) is 37.3 Å². The maximum Gasteiger partial charge on any atom is 0.333 e. The Morgan fingerprint density at radius 2 is 1.74 bits per heavy atom. The van der Waals surface area contributed by atoms with Gasteiger partial charge in [-0.05, 0) is 41.9 Å². The number of methoxy groups -OCH3 is 1. The highest BCUT2D eigenvalue weighted by molar-refractivity contribution is 6.74. The highest BCUT2D eigenvalue weighted by Gasteiger charge is 2.38. The molecule has 0 unspecified atom stereocenters. The van der Waals surface area contributed by atoms with Gasteiger partial charge in [0.15, 0.2) is 14.5 Å². The molecular formula is C23H32N2O5Si. The van der Waals surface area contributed by atoms with Crippen LogP contribution in [0.15, 0.2) is 58.3 Å². The molecule has 0 bridgehead atoms. The minimum Gasteiger partial charge on any atom is -0.497 e. The molecule has 2 aromatic rings. The van der Waals surface area contributed by atoms with E-state index in [2.05, 4.69) is 33.9 Å². The van der Waals surface area contributed by atoms with Crippen LogP contribution >= 0.6 is 0 Å². The molecule has 0 fully saturated rings. The van der Waals surface area contributed by atoms with Crippen molar-refractivity contribution in [2.45, 2.75) is 57.8 Å². The van der Waals surface area contributed by atoms with Crippen molar-refractivity contribution in [2.24, 2.45) is 0 Å². The maximum absolute atomic E-state index is 13.0. The molecule has 2 heterocycles. The third kappa shape index (κ3) is 5.26. The van der Waals surface area contributed by atoms with Gasteiger partial charge in [0.1, 0.15) is 11.9 Å². The zero-order chi connectivity index (χ0) is 22.8. The molecule has 7 nitrogen and oxygen atoms in total. The van der Waals surface area contributed by atoms with Crippen LogP contribution in [-0.2, 0) is 15.7 Å². The fourth-order valence-electron chi connectivity index (χ4n) is 3.03. The van der Waals surface area contributed by atoms with Gasteiger partial charge in [-0.1, -0.05) is 39.0 Å². The molecule has 0 amide bonds. The molecule has 168 valence electrons. The molecule has 3 rings (SSSR count). The Morgan fingerprint density at radius 3 is 2.35 bits per heavy atom. The highest BCUT2D eigenvalue weighted by Crippen LogP contribution is 2.37. The van der Waals surface area contributed by atoms with Gasteiger partial charge in [0, 0.05) is 12.3 Å². The predicted molar refractivity (Wildman–Crippen MR) is 123 cm³/mol. The summed E-state index contributed by atoms with van der Waals surface area (Å²) in [5.41, 5.74) is 0.0714. The normalized spacial score (nSPS) is 19.0. The predicted octanol–water partition coefficient (Wildman–Crippen LogP) is 3.54. The standard InChI is InChI=1S/C23H32N2O5Si/c1-23(2,3)31(5,6)29-16-19-11-12-21(30-19)24-14-13-20(26)25(22(24)27)15-17-7-9-18(28-4)10-8-17/h7-14,19,21H,15-16H2,1-6H3/t19-,21+/m0/s1. The van der Waals surface area contributed by atoms with Crippen molar-refractivity contribution in [3.63, 3.8) is 0 Å². The summed E-state index contributed by atoms with van der Waals surface area (Å²) in [6.45, 7) is 11.6. The Labute approximate surface area is 184 Å². The van der Waals surface area contributed by atoms with E-state index in [-0.39, 0.29) is 23.2 Å². The van der Waals surface area contributed by atoms with Crippen molar-refractivity contribution < 1.29 is 13.9 Å². The Morgan fingerprint density at radius 1 is 1.06 bits per heavy atom. The molecule has 1 aliphatic rings. The zero-order valence-electron chi connectivity index (χ0n) is 19.1.